The van der Waals surface area contributed by atoms with Crippen molar-refractivity contribution in [3.05, 3.63) is 58.1 Å². The Balaban J connectivity index is 2.33. The number of anilines is 2. The highest BCUT2D eigenvalue weighted by Crippen LogP contribution is 2.25. The number of hydrogen-bond acceptors (Lipinski definition) is 3. The second-order valence-electron chi connectivity index (χ2n) is 5.22. The minimum atomic E-state index is -3.41. The quantitative estimate of drug-likeness (QED) is 0.883. The van der Waals surface area contributed by atoms with Crippen molar-refractivity contribution in [3.8, 4) is 0 Å². The molecule has 0 aliphatic heterocycles. The van der Waals surface area contributed by atoms with Crippen LogP contribution in [0.25, 0.3) is 0 Å². The van der Waals surface area contributed by atoms with Crippen LogP contribution >= 0.6 is 11.6 Å². The predicted octanol–water partition coefficient (Wildman–Crippen LogP) is 3.58. The summed E-state index contributed by atoms with van der Waals surface area (Å²) in [5.74, 6) is -0.329. The number of benzene rings is 2. The molecule has 0 saturated heterocycles. The van der Waals surface area contributed by atoms with Gasteiger partial charge >= 0.3 is 0 Å². The first-order chi connectivity index (χ1) is 10.7. The van der Waals surface area contributed by atoms with Crippen molar-refractivity contribution in [2.75, 3.05) is 16.3 Å². The van der Waals surface area contributed by atoms with E-state index in [1.165, 1.54) is 0 Å². The Bertz CT molecular complexity index is 864. The summed E-state index contributed by atoms with van der Waals surface area (Å²) in [4.78, 5) is 12.5. The highest BCUT2D eigenvalue weighted by Gasteiger charge is 2.15. The van der Waals surface area contributed by atoms with Crippen LogP contribution in [0.2, 0.25) is 5.02 Å². The third kappa shape index (κ3) is 4.24. The molecule has 0 aromatic heterocycles. The lowest BCUT2D eigenvalue weighted by atomic mass is 10.1. The van der Waals surface area contributed by atoms with Crippen LogP contribution in [0.1, 0.15) is 21.5 Å². The summed E-state index contributed by atoms with van der Waals surface area (Å²) in [5.41, 5.74) is 2.70. The van der Waals surface area contributed by atoms with Crippen molar-refractivity contribution in [1.82, 2.24) is 0 Å². The van der Waals surface area contributed by atoms with Crippen molar-refractivity contribution in [2.24, 2.45) is 0 Å². The Morgan fingerprint density at radius 2 is 1.61 bits per heavy atom. The number of carbonyl (C=O) groups is 1. The highest BCUT2D eigenvalue weighted by atomic mass is 35.5. The van der Waals surface area contributed by atoms with E-state index in [9.17, 15) is 13.2 Å². The zero-order valence-electron chi connectivity index (χ0n) is 13.0. The molecular formula is C16H17ClN2O3S. The van der Waals surface area contributed by atoms with E-state index in [2.05, 4.69) is 10.0 Å². The number of sulfonamides is 1. The van der Waals surface area contributed by atoms with Gasteiger partial charge in [-0.25, -0.2) is 8.42 Å². The van der Waals surface area contributed by atoms with E-state index in [-0.39, 0.29) is 5.91 Å². The van der Waals surface area contributed by atoms with Crippen LogP contribution in [0.15, 0.2) is 36.4 Å². The van der Waals surface area contributed by atoms with Gasteiger partial charge in [-0.3, -0.25) is 9.52 Å². The lowest BCUT2D eigenvalue weighted by Crippen LogP contribution is -2.16. The molecule has 0 bridgehead atoms. The average molecular weight is 353 g/mol. The van der Waals surface area contributed by atoms with Crippen LogP contribution in [0, 0.1) is 13.8 Å². The second-order valence-corrected chi connectivity index (χ2v) is 7.37. The Kier molecular flexibility index (Phi) is 4.97. The third-order valence-corrected chi connectivity index (χ3v) is 4.39. The first-order valence-electron chi connectivity index (χ1n) is 6.83. The summed E-state index contributed by atoms with van der Waals surface area (Å²) < 4.78 is 25.2. The van der Waals surface area contributed by atoms with Crippen LogP contribution in [0.4, 0.5) is 11.4 Å². The maximum atomic E-state index is 12.5. The number of halogens is 1. The van der Waals surface area contributed by atoms with Gasteiger partial charge in [0.05, 0.1) is 11.9 Å². The van der Waals surface area contributed by atoms with Crippen molar-refractivity contribution < 1.29 is 13.2 Å². The van der Waals surface area contributed by atoms with E-state index in [1.54, 1.807) is 43.3 Å². The lowest BCUT2D eigenvalue weighted by molar-refractivity contribution is 0.102. The number of carbonyl (C=O) groups excluding carboxylic acids is 1. The molecule has 0 aliphatic rings. The summed E-state index contributed by atoms with van der Waals surface area (Å²) in [5, 5.41) is 3.36. The van der Waals surface area contributed by atoms with Gasteiger partial charge in [-0.05, 0) is 49.2 Å². The molecule has 0 radical (unpaired) electrons. The van der Waals surface area contributed by atoms with Gasteiger partial charge in [-0.1, -0.05) is 23.7 Å². The molecule has 2 rings (SSSR count). The van der Waals surface area contributed by atoms with Crippen LogP contribution in [-0.4, -0.2) is 20.6 Å². The van der Waals surface area contributed by atoms with Crippen molar-refractivity contribution in [1.29, 1.82) is 0 Å². The fourth-order valence-electron chi connectivity index (χ4n) is 2.12. The molecule has 2 N–H and O–H groups in total. The first-order valence-corrected chi connectivity index (χ1v) is 9.10. The normalized spacial score (nSPS) is 11.1. The van der Waals surface area contributed by atoms with Crippen molar-refractivity contribution in [2.45, 2.75) is 13.8 Å². The molecule has 122 valence electrons. The fourth-order valence-corrected chi connectivity index (χ4v) is 2.92. The fraction of sp³-hybridized carbons (Fsp3) is 0.188. The van der Waals surface area contributed by atoms with Gasteiger partial charge in [0.15, 0.2) is 0 Å². The largest absolute Gasteiger partial charge is 0.322 e. The van der Waals surface area contributed by atoms with E-state index >= 15 is 0 Å². The zero-order chi connectivity index (χ0) is 17.2. The number of rotatable bonds is 4. The molecule has 2 aromatic carbocycles. The highest BCUT2D eigenvalue weighted by molar-refractivity contribution is 7.92. The van der Waals surface area contributed by atoms with Gasteiger partial charge in [0.25, 0.3) is 5.91 Å². The number of hydrogen-bond donors (Lipinski definition) is 2. The summed E-state index contributed by atoms with van der Waals surface area (Å²) >= 11 is 6.04. The maximum Gasteiger partial charge on any atom is 0.256 e. The Morgan fingerprint density at radius 1 is 1.00 bits per heavy atom. The van der Waals surface area contributed by atoms with Gasteiger partial charge in [-0.2, -0.15) is 0 Å². The standard InChI is InChI=1S/C16H17ClN2O3S/c1-10-12(6-4-9-15(10)19-23(3,21)22)16(20)18-14-8-5-7-13(17)11(14)2/h4-9,19H,1-3H3,(H,18,20). The molecule has 1 amide bonds. The average Bonchev–Trinajstić information content (AvgIpc) is 2.44. The molecule has 0 fully saturated rings. The molecule has 7 heteroatoms. The summed E-state index contributed by atoms with van der Waals surface area (Å²) in [6.45, 7) is 3.50. The van der Waals surface area contributed by atoms with E-state index < -0.39 is 10.0 Å². The molecule has 23 heavy (non-hydrogen) atoms. The molecule has 0 heterocycles. The van der Waals surface area contributed by atoms with Crippen LogP contribution < -0.4 is 10.0 Å². The minimum absolute atomic E-state index is 0.329. The molecule has 0 atom stereocenters. The van der Waals surface area contributed by atoms with Gasteiger partial charge in [0.1, 0.15) is 0 Å². The topological polar surface area (TPSA) is 75.3 Å². The Labute approximate surface area is 140 Å². The molecule has 2 aromatic rings. The summed E-state index contributed by atoms with van der Waals surface area (Å²) in [6, 6.07) is 10.1. The molecular weight excluding hydrogens is 336 g/mol. The molecule has 0 spiro atoms. The van der Waals surface area contributed by atoms with Crippen LogP contribution in [0.5, 0.6) is 0 Å². The SMILES string of the molecule is Cc1c(Cl)cccc1NC(=O)c1cccc(NS(C)(=O)=O)c1C. The monoisotopic (exact) mass is 352 g/mol. The van der Waals surface area contributed by atoms with Crippen LogP contribution in [-0.2, 0) is 10.0 Å². The van der Waals surface area contributed by atoms with Gasteiger partial charge in [0.2, 0.25) is 10.0 Å². The van der Waals surface area contributed by atoms with E-state index in [1.807, 2.05) is 6.92 Å². The number of nitrogens with one attached hydrogen (secondary N) is 2. The second kappa shape index (κ2) is 6.60. The van der Waals surface area contributed by atoms with Gasteiger partial charge < -0.3 is 5.32 Å². The zero-order valence-corrected chi connectivity index (χ0v) is 14.5. The molecule has 5 nitrogen and oxygen atoms in total. The third-order valence-electron chi connectivity index (χ3n) is 3.39. The van der Waals surface area contributed by atoms with Crippen molar-refractivity contribution in [3.63, 3.8) is 0 Å². The summed E-state index contributed by atoms with van der Waals surface area (Å²) in [6.07, 6.45) is 1.06. The van der Waals surface area contributed by atoms with E-state index in [0.717, 1.165) is 11.8 Å². The summed E-state index contributed by atoms with van der Waals surface area (Å²) in [7, 11) is -3.41. The smallest absolute Gasteiger partial charge is 0.256 e. The van der Waals surface area contributed by atoms with Gasteiger partial charge in [-0.15, -0.1) is 0 Å². The minimum Gasteiger partial charge on any atom is -0.322 e. The van der Waals surface area contributed by atoms with Crippen LogP contribution in [0.3, 0.4) is 0 Å². The maximum absolute atomic E-state index is 12.5. The van der Waals surface area contributed by atoms with E-state index in [4.69, 9.17) is 11.6 Å². The lowest BCUT2D eigenvalue weighted by Gasteiger charge is -2.13. The molecule has 0 aliphatic carbocycles. The predicted molar refractivity (Wildman–Crippen MR) is 93.8 cm³/mol. The van der Waals surface area contributed by atoms with E-state index in [0.29, 0.717) is 27.5 Å². The van der Waals surface area contributed by atoms with Crippen molar-refractivity contribution >= 4 is 38.9 Å². The molecule has 0 saturated carbocycles. The Hall–Kier alpha value is -2.05. The van der Waals surface area contributed by atoms with Gasteiger partial charge in [0, 0.05) is 16.3 Å². The Morgan fingerprint density at radius 3 is 2.26 bits per heavy atom. The first kappa shape index (κ1) is 17.3. The number of amides is 1. The molecule has 0 unspecified atom stereocenters.